The van der Waals surface area contributed by atoms with Crippen LogP contribution in [0.1, 0.15) is 11.5 Å². The SMILES string of the molecule is CN(Cc1ncn[nH]1)S(=O)(=O)c1cccnc1C(N)=S. The number of rotatable bonds is 5. The van der Waals surface area contributed by atoms with E-state index in [1.165, 1.54) is 31.7 Å². The molecule has 3 N–H and O–H groups in total. The molecule has 106 valence electrons. The highest BCUT2D eigenvalue weighted by atomic mass is 32.2. The van der Waals surface area contributed by atoms with E-state index in [9.17, 15) is 8.42 Å². The Balaban J connectivity index is 2.37. The molecule has 0 amide bonds. The van der Waals surface area contributed by atoms with Gasteiger partial charge < -0.3 is 5.73 Å². The number of hydrogen-bond donors (Lipinski definition) is 2. The quantitative estimate of drug-likeness (QED) is 0.725. The van der Waals surface area contributed by atoms with Gasteiger partial charge in [0.05, 0.1) is 6.54 Å². The van der Waals surface area contributed by atoms with Crippen LogP contribution in [0.25, 0.3) is 0 Å². The highest BCUT2D eigenvalue weighted by Gasteiger charge is 2.26. The number of pyridine rings is 1. The number of aromatic nitrogens is 4. The predicted molar refractivity (Wildman–Crippen MR) is 75.2 cm³/mol. The number of nitrogens with zero attached hydrogens (tertiary/aromatic N) is 4. The minimum absolute atomic E-state index is 0.0329. The van der Waals surface area contributed by atoms with Crippen LogP contribution in [0.3, 0.4) is 0 Å². The molecule has 0 unspecified atom stereocenters. The summed E-state index contributed by atoms with van der Waals surface area (Å²) >= 11 is 4.82. The Bertz CT molecular complexity index is 713. The Morgan fingerprint density at radius 2 is 2.25 bits per heavy atom. The van der Waals surface area contributed by atoms with Gasteiger partial charge >= 0.3 is 0 Å². The van der Waals surface area contributed by atoms with Gasteiger partial charge in [0.15, 0.2) is 0 Å². The Hall–Kier alpha value is -1.91. The Morgan fingerprint density at radius 3 is 2.85 bits per heavy atom. The van der Waals surface area contributed by atoms with Crippen LogP contribution in [0.2, 0.25) is 0 Å². The van der Waals surface area contributed by atoms with E-state index >= 15 is 0 Å². The van der Waals surface area contributed by atoms with Gasteiger partial charge in [-0.25, -0.2) is 13.4 Å². The molecule has 2 heterocycles. The van der Waals surface area contributed by atoms with Crippen LogP contribution < -0.4 is 5.73 Å². The lowest BCUT2D eigenvalue weighted by Gasteiger charge is -2.17. The Morgan fingerprint density at radius 1 is 1.50 bits per heavy atom. The fourth-order valence-electron chi connectivity index (χ4n) is 1.55. The standard InChI is InChI=1S/C10H12N6O2S2/c1-16(5-8-13-6-14-15-8)20(17,18)7-3-2-4-12-9(7)10(11)19/h2-4,6H,5H2,1H3,(H2,11,19)(H,13,14,15). The lowest BCUT2D eigenvalue weighted by atomic mass is 10.3. The molecule has 8 nitrogen and oxygen atoms in total. The van der Waals surface area contributed by atoms with Gasteiger partial charge in [0.1, 0.15) is 27.7 Å². The van der Waals surface area contributed by atoms with E-state index < -0.39 is 10.0 Å². The second-order valence-electron chi connectivity index (χ2n) is 3.91. The highest BCUT2D eigenvalue weighted by molar-refractivity contribution is 7.89. The van der Waals surface area contributed by atoms with Gasteiger partial charge in [-0.1, -0.05) is 12.2 Å². The molecule has 0 aromatic carbocycles. The molecular formula is C10H12N6O2S2. The Labute approximate surface area is 121 Å². The third-order valence-electron chi connectivity index (χ3n) is 2.53. The molecule has 0 aliphatic heterocycles. The first kappa shape index (κ1) is 14.5. The molecule has 0 saturated carbocycles. The van der Waals surface area contributed by atoms with Gasteiger partial charge in [-0.15, -0.1) is 0 Å². The number of hydrogen-bond acceptors (Lipinski definition) is 6. The summed E-state index contributed by atoms with van der Waals surface area (Å²) in [6, 6.07) is 2.92. The molecule has 2 rings (SSSR count). The molecule has 20 heavy (non-hydrogen) atoms. The molecule has 0 aliphatic carbocycles. The van der Waals surface area contributed by atoms with Crippen molar-refractivity contribution >= 4 is 27.2 Å². The van der Waals surface area contributed by atoms with Crippen LogP contribution >= 0.6 is 12.2 Å². The van der Waals surface area contributed by atoms with Crippen molar-refractivity contribution in [1.82, 2.24) is 24.5 Å². The third-order valence-corrected chi connectivity index (χ3v) is 4.56. The van der Waals surface area contributed by atoms with Gasteiger partial charge in [0.2, 0.25) is 10.0 Å². The summed E-state index contributed by atoms with van der Waals surface area (Å²) < 4.78 is 26.1. The van der Waals surface area contributed by atoms with Crippen molar-refractivity contribution in [3.05, 3.63) is 36.2 Å². The fraction of sp³-hybridized carbons (Fsp3) is 0.200. The molecule has 0 bridgehead atoms. The molecule has 10 heteroatoms. The fourth-order valence-corrected chi connectivity index (χ4v) is 3.07. The van der Waals surface area contributed by atoms with E-state index in [2.05, 4.69) is 20.2 Å². The van der Waals surface area contributed by atoms with E-state index in [0.29, 0.717) is 5.82 Å². The molecule has 0 saturated heterocycles. The second-order valence-corrected chi connectivity index (χ2v) is 6.36. The minimum Gasteiger partial charge on any atom is -0.388 e. The molecular weight excluding hydrogens is 300 g/mol. The maximum Gasteiger partial charge on any atom is 0.245 e. The van der Waals surface area contributed by atoms with Crippen molar-refractivity contribution in [2.75, 3.05) is 7.05 Å². The van der Waals surface area contributed by atoms with Crippen molar-refractivity contribution in [3.8, 4) is 0 Å². The molecule has 0 atom stereocenters. The summed E-state index contributed by atoms with van der Waals surface area (Å²) in [5, 5.41) is 6.26. The molecule has 0 radical (unpaired) electrons. The monoisotopic (exact) mass is 312 g/mol. The van der Waals surface area contributed by atoms with Crippen LogP contribution in [0, 0.1) is 0 Å². The van der Waals surface area contributed by atoms with Crippen molar-refractivity contribution in [2.24, 2.45) is 5.73 Å². The van der Waals surface area contributed by atoms with Crippen molar-refractivity contribution in [3.63, 3.8) is 0 Å². The van der Waals surface area contributed by atoms with Crippen LogP contribution in [0.15, 0.2) is 29.6 Å². The first-order valence-electron chi connectivity index (χ1n) is 5.48. The van der Waals surface area contributed by atoms with Gasteiger partial charge in [-0.3, -0.25) is 10.1 Å². The first-order chi connectivity index (χ1) is 9.43. The maximum atomic E-state index is 12.5. The third kappa shape index (κ3) is 2.81. The molecule has 0 aliphatic rings. The zero-order chi connectivity index (χ0) is 14.8. The maximum absolute atomic E-state index is 12.5. The zero-order valence-electron chi connectivity index (χ0n) is 10.5. The molecule has 0 fully saturated rings. The molecule has 2 aromatic heterocycles. The average molecular weight is 312 g/mol. The predicted octanol–water partition coefficient (Wildman–Crippen LogP) is -0.345. The lowest BCUT2D eigenvalue weighted by molar-refractivity contribution is 0.457. The number of nitrogens with one attached hydrogen (secondary N) is 1. The van der Waals surface area contributed by atoms with Crippen molar-refractivity contribution in [2.45, 2.75) is 11.4 Å². The average Bonchev–Trinajstić information content (AvgIpc) is 2.91. The smallest absolute Gasteiger partial charge is 0.245 e. The first-order valence-corrected chi connectivity index (χ1v) is 7.33. The summed E-state index contributed by atoms with van der Waals surface area (Å²) in [5.74, 6) is 0.428. The number of H-pyrrole nitrogens is 1. The lowest BCUT2D eigenvalue weighted by Crippen LogP contribution is -2.29. The summed E-state index contributed by atoms with van der Waals surface area (Å²) in [6.07, 6.45) is 2.74. The Kier molecular flexibility index (Phi) is 4.06. The number of nitrogens with two attached hydrogens (primary N) is 1. The topological polar surface area (TPSA) is 118 Å². The van der Waals surface area contributed by atoms with Crippen molar-refractivity contribution in [1.29, 1.82) is 0 Å². The van der Waals surface area contributed by atoms with E-state index in [1.54, 1.807) is 0 Å². The van der Waals surface area contributed by atoms with Crippen molar-refractivity contribution < 1.29 is 8.42 Å². The van der Waals surface area contributed by atoms with Crippen LogP contribution in [-0.2, 0) is 16.6 Å². The molecule has 0 spiro atoms. The summed E-state index contributed by atoms with van der Waals surface area (Å²) in [6.45, 7) is 0.0496. The van der Waals surface area contributed by atoms with Crippen LogP contribution in [0.5, 0.6) is 0 Å². The number of thiocarbonyl (C=S) groups is 1. The van der Waals surface area contributed by atoms with Gasteiger partial charge in [-0.2, -0.15) is 9.40 Å². The van der Waals surface area contributed by atoms with Crippen LogP contribution in [-0.4, -0.2) is 44.9 Å². The van der Waals surface area contributed by atoms with E-state index in [4.69, 9.17) is 18.0 Å². The van der Waals surface area contributed by atoms with E-state index in [-0.39, 0.29) is 22.1 Å². The van der Waals surface area contributed by atoms with Gasteiger partial charge in [0, 0.05) is 13.2 Å². The highest BCUT2D eigenvalue weighted by Crippen LogP contribution is 2.18. The largest absolute Gasteiger partial charge is 0.388 e. The summed E-state index contributed by atoms with van der Waals surface area (Å²) in [4.78, 5) is 7.69. The normalized spacial score (nSPS) is 11.7. The van der Waals surface area contributed by atoms with E-state index in [1.807, 2.05) is 0 Å². The second kappa shape index (κ2) is 5.61. The van der Waals surface area contributed by atoms with Gasteiger partial charge in [-0.05, 0) is 12.1 Å². The zero-order valence-corrected chi connectivity index (χ0v) is 12.1. The molecule has 2 aromatic rings. The minimum atomic E-state index is -3.78. The summed E-state index contributed by atoms with van der Waals surface area (Å²) in [5.41, 5.74) is 5.58. The van der Waals surface area contributed by atoms with Gasteiger partial charge in [0.25, 0.3) is 0 Å². The van der Waals surface area contributed by atoms with E-state index in [0.717, 1.165) is 4.31 Å². The number of sulfonamides is 1. The van der Waals surface area contributed by atoms with Crippen LogP contribution in [0.4, 0.5) is 0 Å². The number of aromatic amines is 1. The summed E-state index contributed by atoms with van der Waals surface area (Å²) in [7, 11) is -2.35.